The fourth-order valence-corrected chi connectivity index (χ4v) is 11.2. The van der Waals surface area contributed by atoms with E-state index in [0.29, 0.717) is 56.2 Å². The fraction of sp³-hybridized carbons (Fsp3) is 0.500. The molecule has 0 saturated carbocycles. The van der Waals surface area contributed by atoms with Gasteiger partial charge in [0.1, 0.15) is 17.3 Å². The number of unbranched alkanes of at least 4 members (excludes halogenated alkanes) is 3. The Morgan fingerprint density at radius 3 is 2.39 bits per heavy atom. The summed E-state index contributed by atoms with van der Waals surface area (Å²) in [5, 5.41) is 7.58. The zero-order valence-corrected chi connectivity index (χ0v) is 36.3. The number of hydrogen-bond donors (Lipinski definition) is 7. The van der Waals surface area contributed by atoms with Crippen molar-refractivity contribution in [1.29, 1.82) is 0 Å². The van der Waals surface area contributed by atoms with Crippen molar-refractivity contribution < 1.29 is 28.5 Å². The Labute approximate surface area is 321 Å². The van der Waals surface area contributed by atoms with E-state index in [1.807, 2.05) is 0 Å². The van der Waals surface area contributed by atoms with Crippen molar-refractivity contribution in [2.45, 2.75) is 56.5 Å². The van der Waals surface area contributed by atoms with E-state index in [9.17, 15) is 23.8 Å². The van der Waals surface area contributed by atoms with Gasteiger partial charge in [0, 0.05) is 6.54 Å². The number of ether oxygens (including phenoxy) is 1. The van der Waals surface area contributed by atoms with Crippen LogP contribution in [0.2, 0.25) is 0 Å². The van der Waals surface area contributed by atoms with Gasteiger partial charge in [0.25, 0.3) is 0 Å². The molecular formula is C32H48FN8O5PPb2. The number of hydrazine groups is 1. The third kappa shape index (κ3) is 14.2. The van der Waals surface area contributed by atoms with Crippen molar-refractivity contribution in [1.82, 2.24) is 25.4 Å². The normalized spacial score (nSPS) is 17.1. The van der Waals surface area contributed by atoms with Gasteiger partial charge in [-0.2, -0.15) is 0 Å². The molecule has 3 rings (SSSR count). The first-order valence-electron chi connectivity index (χ1n) is 16.2. The van der Waals surface area contributed by atoms with Gasteiger partial charge in [-0.1, -0.05) is 24.3 Å². The predicted octanol–water partition coefficient (Wildman–Crippen LogP) is 0.424. The average Bonchev–Trinajstić information content (AvgIpc) is 3.55. The number of carbonyl (C=O) groups excluding carboxylic acids is 2. The van der Waals surface area contributed by atoms with E-state index in [1.165, 1.54) is 17.1 Å². The number of halogens is 1. The van der Waals surface area contributed by atoms with Gasteiger partial charge in [-0.05, 0) is 48.4 Å². The molecule has 49 heavy (non-hydrogen) atoms. The van der Waals surface area contributed by atoms with Gasteiger partial charge in [0.05, 0.1) is 0 Å². The van der Waals surface area contributed by atoms with Gasteiger partial charge in [0.2, 0.25) is 0 Å². The van der Waals surface area contributed by atoms with Gasteiger partial charge in [-0.3, -0.25) is 5.32 Å². The van der Waals surface area contributed by atoms with Gasteiger partial charge >= 0.3 is 193 Å². The molecule has 6 radical (unpaired) electrons. The molecule has 2 aromatic rings. The molecule has 17 heteroatoms. The minimum atomic E-state index is -2.34. The number of nitrogens with one attached hydrogen (secondary N) is 2. The van der Waals surface area contributed by atoms with Crippen molar-refractivity contribution in [2.75, 3.05) is 41.0 Å². The Morgan fingerprint density at radius 1 is 1.08 bits per heavy atom. The Hall–Kier alpha value is -1.52. The summed E-state index contributed by atoms with van der Waals surface area (Å²) in [6, 6.07) is 11.9. The molecule has 0 spiro atoms. The van der Waals surface area contributed by atoms with Gasteiger partial charge in [-0.15, -0.1) is 0 Å². The van der Waals surface area contributed by atoms with Crippen LogP contribution in [0.25, 0.3) is 0 Å². The van der Waals surface area contributed by atoms with Crippen LogP contribution in [0.5, 0.6) is 5.75 Å². The molecule has 2 amide bonds. The molecule has 1 fully saturated rings. The van der Waals surface area contributed by atoms with Gasteiger partial charge in [0.15, 0.2) is 8.38 Å². The summed E-state index contributed by atoms with van der Waals surface area (Å²) in [6.07, 6.45) is 5.78. The maximum absolute atomic E-state index is 13.4. The third-order valence-electron chi connectivity index (χ3n) is 8.12. The van der Waals surface area contributed by atoms with Crippen molar-refractivity contribution in [3.63, 3.8) is 0 Å². The molecule has 3 atom stereocenters. The molecule has 1 aliphatic rings. The number of hydrogen-bond acceptors (Lipinski definition) is 11. The van der Waals surface area contributed by atoms with E-state index in [1.54, 1.807) is 47.5 Å². The SMILES string of the molecule is NCCCCCCNC(=O)C1CC(N(N)/C=C(\N)COc2ccc(C(NCc3ccc(F)cc3)P(O)O)cc2)CN1C(=O)CN([CH2][Pb])[CH2][Pb]. The summed E-state index contributed by atoms with van der Waals surface area (Å²) in [5.74, 6) is 5.65. The number of likely N-dealkylation sites (tertiary alicyclic amines) is 1. The molecule has 1 saturated heterocycles. The molecule has 0 bridgehead atoms. The number of benzene rings is 2. The van der Waals surface area contributed by atoms with E-state index in [-0.39, 0.29) is 30.3 Å². The summed E-state index contributed by atoms with van der Waals surface area (Å²) in [7, 11) is -2.34. The average molecular weight is 1090 g/mol. The van der Waals surface area contributed by atoms with Crippen LogP contribution in [-0.4, -0.2) is 141 Å². The summed E-state index contributed by atoms with van der Waals surface area (Å²) < 4.78 is 20.9. The van der Waals surface area contributed by atoms with Crippen molar-refractivity contribution >= 4 is 71.7 Å². The number of rotatable bonds is 21. The predicted molar refractivity (Wildman–Crippen MR) is 190 cm³/mol. The maximum atomic E-state index is 13.4. The van der Waals surface area contributed by atoms with Crippen LogP contribution in [0.3, 0.4) is 0 Å². The molecule has 266 valence electrons. The number of nitrogens with zero attached hydrogens (tertiary/aromatic N) is 3. The molecule has 1 aliphatic heterocycles. The molecule has 10 N–H and O–H groups in total. The van der Waals surface area contributed by atoms with Crippen molar-refractivity contribution in [3.05, 3.63) is 77.4 Å². The van der Waals surface area contributed by atoms with E-state index >= 15 is 0 Å². The van der Waals surface area contributed by atoms with E-state index in [2.05, 4.69) is 15.5 Å². The summed E-state index contributed by atoms with van der Waals surface area (Å²) in [4.78, 5) is 50.4. The summed E-state index contributed by atoms with van der Waals surface area (Å²) >= 11 is 1.93. The van der Waals surface area contributed by atoms with Crippen LogP contribution in [0.15, 0.2) is 60.4 Å². The Balaban J connectivity index is 1.57. The van der Waals surface area contributed by atoms with Crippen LogP contribution < -0.4 is 32.7 Å². The van der Waals surface area contributed by atoms with Crippen LogP contribution in [-0.2, 0) is 16.1 Å². The third-order valence-corrected chi connectivity index (χ3v) is 12.5. The Bertz CT molecular complexity index is 1330. The summed E-state index contributed by atoms with van der Waals surface area (Å²) in [5.41, 5.74) is 13.6. The molecule has 0 aliphatic carbocycles. The second kappa shape index (κ2) is 22.4. The molecule has 13 nitrogen and oxygen atoms in total. The fourth-order valence-electron chi connectivity index (χ4n) is 5.35. The van der Waals surface area contributed by atoms with E-state index < -0.39 is 20.2 Å². The van der Waals surface area contributed by atoms with E-state index in [0.717, 1.165) is 91.0 Å². The molecule has 2 aromatic carbocycles. The van der Waals surface area contributed by atoms with Gasteiger partial charge in [-0.25, -0.2) is 4.39 Å². The molecule has 1 heterocycles. The van der Waals surface area contributed by atoms with Crippen molar-refractivity contribution in [3.8, 4) is 5.75 Å². The molecular weight excluding hydrogens is 1040 g/mol. The Morgan fingerprint density at radius 2 is 1.76 bits per heavy atom. The topological polar surface area (TPSA) is 196 Å². The standard InChI is InChI=1S/C32H48FN8O5P.2Pb/c1-39(2)21-30(42)40-20-27(17-29(40)31(43)37-16-6-4-3-5-15-34)41(36)19-26(35)22-46-28-13-9-24(10-14-28)32(47(44)45)38-18-23-7-11-25(33)12-8-23;;/h7-14,19,27,29,32,38,44-45H,1-6,15-18,20-22,34-36H2,(H,37,43);;/b26-19-;;. The number of nitrogens with two attached hydrogens (primary N) is 3. The quantitative estimate of drug-likeness (QED) is 0.0302. The number of carbonyl (C=O) groups is 2. The van der Waals surface area contributed by atoms with Gasteiger partial charge < -0.3 is 15.5 Å². The molecule has 0 aromatic heterocycles. The first-order chi connectivity index (χ1) is 23.6. The second-order valence-corrected chi connectivity index (χ2v) is 15.4. The molecule has 3 unspecified atom stereocenters. The zero-order chi connectivity index (χ0) is 35.8. The first kappa shape index (κ1) is 41.9. The monoisotopic (exact) mass is 1090 g/mol. The minimum absolute atomic E-state index is 0.0329. The Kier molecular flexibility index (Phi) is 19.2. The van der Waals surface area contributed by atoms with E-state index in [4.69, 9.17) is 22.0 Å². The van der Waals surface area contributed by atoms with Crippen LogP contribution in [0.1, 0.15) is 49.0 Å². The van der Waals surface area contributed by atoms with Crippen LogP contribution >= 0.6 is 8.38 Å². The number of amides is 2. The zero-order valence-electron chi connectivity index (χ0n) is 27.6. The van der Waals surface area contributed by atoms with Crippen LogP contribution in [0.4, 0.5) is 4.39 Å². The van der Waals surface area contributed by atoms with Crippen molar-refractivity contribution in [2.24, 2.45) is 17.3 Å². The second-order valence-electron chi connectivity index (χ2n) is 11.8. The van der Waals surface area contributed by atoms with Crippen LogP contribution in [0, 0.1) is 5.82 Å². The summed E-state index contributed by atoms with van der Waals surface area (Å²) in [6.45, 7) is 2.17. The first-order valence-corrected chi connectivity index (χ1v) is 23.0.